The molecule has 22 heavy (non-hydrogen) atoms. The summed E-state index contributed by atoms with van der Waals surface area (Å²) in [7, 11) is 1.94. The van der Waals surface area contributed by atoms with Gasteiger partial charge in [-0.15, -0.1) is 0 Å². The maximum absolute atomic E-state index is 11.9. The summed E-state index contributed by atoms with van der Waals surface area (Å²) in [6, 6.07) is 9.74. The summed E-state index contributed by atoms with van der Waals surface area (Å²) in [5.74, 6) is -0.125. The van der Waals surface area contributed by atoms with Crippen molar-refractivity contribution in [3.05, 3.63) is 58.9 Å². The van der Waals surface area contributed by atoms with Gasteiger partial charge < -0.3 is 10.1 Å². The molecule has 0 aliphatic carbocycles. The molecule has 1 aliphatic rings. The summed E-state index contributed by atoms with van der Waals surface area (Å²) in [5.41, 5.74) is 4.20. The van der Waals surface area contributed by atoms with E-state index in [4.69, 9.17) is 4.74 Å². The molecule has 0 unspecified atom stereocenters. The Morgan fingerprint density at radius 2 is 2.23 bits per heavy atom. The first-order valence-electron chi connectivity index (χ1n) is 7.36. The van der Waals surface area contributed by atoms with Crippen LogP contribution in [-0.2, 0) is 36.2 Å². The molecule has 0 saturated carbocycles. The number of carbonyl (C=O) groups excluding carboxylic acids is 1. The summed E-state index contributed by atoms with van der Waals surface area (Å²) in [6.07, 6.45) is 4.22. The van der Waals surface area contributed by atoms with E-state index in [0.29, 0.717) is 13.2 Å². The van der Waals surface area contributed by atoms with E-state index >= 15 is 0 Å². The third kappa shape index (κ3) is 3.26. The van der Waals surface area contributed by atoms with Crippen LogP contribution in [0.25, 0.3) is 6.08 Å². The first kappa shape index (κ1) is 14.5. The lowest BCUT2D eigenvalue weighted by atomic mass is 10.1. The van der Waals surface area contributed by atoms with Crippen LogP contribution in [0.4, 0.5) is 0 Å². The number of amides is 1. The first-order valence-corrected chi connectivity index (χ1v) is 7.36. The smallest absolute Gasteiger partial charge is 0.244 e. The minimum atomic E-state index is -0.125. The maximum atomic E-state index is 11.9. The molecule has 0 bridgehead atoms. The van der Waals surface area contributed by atoms with Gasteiger partial charge in [-0.3, -0.25) is 9.48 Å². The van der Waals surface area contributed by atoms with Crippen molar-refractivity contribution in [2.24, 2.45) is 7.05 Å². The Hall–Kier alpha value is -2.40. The predicted molar refractivity (Wildman–Crippen MR) is 83.9 cm³/mol. The fraction of sp³-hybridized carbons (Fsp3) is 0.294. The molecule has 1 amide bonds. The Labute approximate surface area is 129 Å². The minimum Gasteiger partial charge on any atom is -0.376 e. The lowest BCUT2D eigenvalue weighted by molar-refractivity contribution is -0.116. The van der Waals surface area contributed by atoms with Crippen molar-refractivity contribution >= 4 is 12.0 Å². The van der Waals surface area contributed by atoms with Crippen LogP contribution in [-0.4, -0.2) is 22.3 Å². The topological polar surface area (TPSA) is 56.2 Å². The van der Waals surface area contributed by atoms with Gasteiger partial charge in [0.2, 0.25) is 5.91 Å². The van der Waals surface area contributed by atoms with Crippen LogP contribution in [0.5, 0.6) is 0 Å². The molecule has 5 heteroatoms. The number of hydrogen-bond donors (Lipinski definition) is 1. The minimum absolute atomic E-state index is 0.125. The third-order valence-corrected chi connectivity index (χ3v) is 3.74. The summed E-state index contributed by atoms with van der Waals surface area (Å²) in [5, 5.41) is 7.36. The molecule has 114 valence electrons. The van der Waals surface area contributed by atoms with E-state index in [2.05, 4.69) is 10.4 Å². The molecule has 0 radical (unpaired) electrons. The average molecular weight is 297 g/mol. The van der Waals surface area contributed by atoms with Crippen LogP contribution in [0.15, 0.2) is 36.4 Å². The Balaban J connectivity index is 1.61. The third-order valence-electron chi connectivity index (χ3n) is 3.74. The standard InChI is InChI=1S/C17H19N3O2/c1-20-16-9-10-22-12-14(16)15(19-20)11-18-17(21)8-7-13-5-3-2-4-6-13/h2-8H,9-12H2,1H3,(H,18,21)/b8-7+. The monoisotopic (exact) mass is 297 g/mol. The molecule has 2 heterocycles. The molecular formula is C17H19N3O2. The van der Waals surface area contributed by atoms with Crippen molar-refractivity contribution < 1.29 is 9.53 Å². The second-order valence-corrected chi connectivity index (χ2v) is 5.26. The maximum Gasteiger partial charge on any atom is 0.244 e. The van der Waals surface area contributed by atoms with Gasteiger partial charge in [-0.25, -0.2) is 0 Å². The van der Waals surface area contributed by atoms with Crippen molar-refractivity contribution in [3.8, 4) is 0 Å². The lowest BCUT2D eigenvalue weighted by Gasteiger charge is -2.13. The number of carbonyl (C=O) groups is 1. The van der Waals surface area contributed by atoms with E-state index in [1.807, 2.05) is 42.1 Å². The van der Waals surface area contributed by atoms with Crippen LogP contribution in [0.1, 0.15) is 22.5 Å². The summed E-state index contributed by atoms with van der Waals surface area (Å²) >= 11 is 0. The van der Waals surface area contributed by atoms with Crippen molar-refractivity contribution in [3.63, 3.8) is 0 Å². The number of aryl methyl sites for hydroxylation is 1. The highest BCUT2D eigenvalue weighted by molar-refractivity contribution is 5.91. The molecule has 1 aromatic carbocycles. The number of nitrogens with zero attached hydrogens (tertiary/aromatic N) is 2. The molecular weight excluding hydrogens is 278 g/mol. The van der Waals surface area contributed by atoms with Gasteiger partial charge in [-0.1, -0.05) is 30.3 Å². The number of aromatic nitrogens is 2. The molecule has 2 aromatic rings. The zero-order chi connectivity index (χ0) is 15.4. The second kappa shape index (κ2) is 6.58. The zero-order valence-corrected chi connectivity index (χ0v) is 12.6. The number of fused-ring (bicyclic) bond motifs is 1. The molecule has 0 spiro atoms. The highest BCUT2D eigenvalue weighted by Crippen LogP contribution is 2.19. The van der Waals surface area contributed by atoms with Crippen molar-refractivity contribution in [1.29, 1.82) is 0 Å². The normalized spacial score (nSPS) is 14.0. The van der Waals surface area contributed by atoms with E-state index < -0.39 is 0 Å². The van der Waals surface area contributed by atoms with Gasteiger partial charge in [0.15, 0.2) is 0 Å². The number of hydrogen-bond acceptors (Lipinski definition) is 3. The quantitative estimate of drug-likeness (QED) is 0.876. The largest absolute Gasteiger partial charge is 0.376 e. The molecule has 5 nitrogen and oxygen atoms in total. The molecule has 0 atom stereocenters. The van der Waals surface area contributed by atoms with Gasteiger partial charge in [0.05, 0.1) is 25.5 Å². The Bertz CT molecular complexity index is 689. The van der Waals surface area contributed by atoms with Crippen LogP contribution in [0.2, 0.25) is 0 Å². The van der Waals surface area contributed by atoms with Crippen LogP contribution < -0.4 is 5.32 Å². The second-order valence-electron chi connectivity index (χ2n) is 5.26. The van der Waals surface area contributed by atoms with E-state index in [0.717, 1.165) is 29.8 Å². The molecule has 1 aromatic heterocycles. The Morgan fingerprint density at radius 3 is 3.05 bits per heavy atom. The molecule has 0 saturated heterocycles. The molecule has 1 aliphatic heterocycles. The van der Waals surface area contributed by atoms with E-state index in [1.165, 1.54) is 5.69 Å². The lowest BCUT2D eigenvalue weighted by Crippen LogP contribution is -2.21. The average Bonchev–Trinajstić information content (AvgIpc) is 2.89. The van der Waals surface area contributed by atoms with Crippen molar-refractivity contribution in [2.75, 3.05) is 6.61 Å². The van der Waals surface area contributed by atoms with Gasteiger partial charge in [0, 0.05) is 30.8 Å². The van der Waals surface area contributed by atoms with E-state index in [1.54, 1.807) is 12.2 Å². The summed E-state index contributed by atoms with van der Waals surface area (Å²) in [4.78, 5) is 11.9. The Morgan fingerprint density at radius 1 is 1.41 bits per heavy atom. The van der Waals surface area contributed by atoms with E-state index in [9.17, 15) is 4.79 Å². The first-order chi connectivity index (χ1) is 10.7. The van der Waals surface area contributed by atoms with Gasteiger partial charge in [-0.2, -0.15) is 5.10 Å². The van der Waals surface area contributed by atoms with E-state index in [-0.39, 0.29) is 5.91 Å². The van der Waals surface area contributed by atoms with Gasteiger partial charge >= 0.3 is 0 Å². The fourth-order valence-corrected chi connectivity index (χ4v) is 2.59. The molecule has 1 N–H and O–H groups in total. The van der Waals surface area contributed by atoms with Gasteiger partial charge in [0.25, 0.3) is 0 Å². The van der Waals surface area contributed by atoms with Gasteiger partial charge in [0.1, 0.15) is 0 Å². The van der Waals surface area contributed by atoms with Crippen LogP contribution in [0, 0.1) is 0 Å². The SMILES string of the molecule is Cn1nc(CNC(=O)/C=C/c2ccccc2)c2c1CCOC2. The van der Waals surface area contributed by atoms with Gasteiger partial charge in [-0.05, 0) is 11.6 Å². The predicted octanol–water partition coefficient (Wildman–Crippen LogP) is 1.82. The number of benzene rings is 1. The number of rotatable bonds is 4. The summed E-state index contributed by atoms with van der Waals surface area (Å²) in [6.45, 7) is 1.73. The highest BCUT2D eigenvalue weighted by Gasteiger charge is 2.19. The molecule has 0 fully saturated rings. The van der Waals surface area contributed by atoms with Crippen LogP contribution in [0.3, 0.4) is 0 Å². The van der Waals surface area contributed by atoms with Crippen LogP contribution >= 0.6 is 0 Å². The molecule has 3 rings (SSSR count). The number of nitrogens with one attached hydrogen (secondary N) is 1. The fourth-order valence-electron chi connectivity index (χ4n) is 2.59. The van der Waals surface area contributed by atoms with Crippen molar-refractivity contribution in [2.45, 2.75) is 19.6 Å². The highest BCUT2D eigenvalue weighted by atomic mass is 16.5. The summed E-state index contributed by atoms with van der Waals surface area (Å²) < 4.78 is 7.37. The number of ether oxygens (including phenoxy) is 1. The zero-order valence-electron chi connectivity index (χ0n) is 12.6. The van der Waals surface area contributed by atoms with Crippen molar-refractivity contribution in [1.82, 2.24) is 15.1 Å². The Kier molecular flexibility index (Phi) is 4.34.